The van der Waals surface area contributed by atoms with E-state index in [9.17, 15) is 4.79 Å². The van der Waals surface area contributed by atoms with Gasteiger partial charge in [0.1, 0.15) is 18.1 Å². The van der Waals surface area contributed by atoms with Crippen molar-refractivity contribution in [2.45, 2.75) is 26.1 Å². The molecular formula is C23H24N2O5. The van der Waals surface area contributed by atoms with Crippen molar-refractivity contribution in [2.75, 3.05) is 20.7 Å². The number of carbonyl (C=O) groups excluding carboxylic acids is 1. The molecule has 156 valence electrons. The molecular weight excluding hydrogens is 384 g/mol. The summed E-state index contributed by atoms with van der Waals surface area (Å²) in [6.45, 7) is 2.54. The van der Waals surface area contributed by atoms with Crippen LogP contribution in [-0.2, 0) is 13.0 Å². The quantitative estimate of drug-likeness (QED) is 0.594. The Labute approximate surface area is 175 Å². The molecule has 0 aliphatic carbocycles. The van der Waals surface area contributed by atoms with Gasteiger partial charge >= 0.3 is 0 Å². The highest BCUT2D eigenvalue weighted by atomic mass is 16.5. The van der Waals surface area contributed by atoms with Crippen LogP contribution in [0.2, 0.25) is 0 Å². The maximum atomic E-state index is 12.7. The van der Waals surface area contributed by atoms with E-state index >= 15 is 0 Å². The number of ether oxygens (including phenoxy) is 3. The second kappa shape index (κ2) is 8.49. The van der Waals surface area contributed by atoms with E-state index in [0.717, 1.165) is 23.3 Å². The third kappa shape index (κ3) is 4.25. The summed E-state index contributed by atoms with van der Waals surface area (Å²) in [7, 11) is 3.32. The number of rotatable bonds is 7. The summed E-state index contributed by atoms with van der Waals surface area (Å²) >= 11 is 0. The molecule has 4 rings (SSSR count). The van der Waals surface area contributed by atoms with E-state index < -0.39 is 0 Å². The average molecular weight is 408 g/mol. The number of methoxy groups -OCH3 is 1. The van der Waals surface area contributed by atoms with Crippen LogP contribution in [0.1, 0.15) is 27.5 Å². The molecule has 0 N–H and O–H groups in total. The summed E-state index contributed by atoms with van der Waals surface area (Å²) in [4.78, 5) is 18.6. The third-order valence-corrected chi connectivity index (χ3v) is 4.98. The van der Waals surface area contributed by atoms with E-state index in [0.29, 0.717) is 23.9 Å². The smallest absolute Gasteiger partial charge is 0.275 e. The van der Waals surface area contributed by atoms with E-state index in [4.69, 9.17) is 18.6 Å². The van der Waals surface area contributed by atoms with Crippen LogP contribution in [0.15, 0.2) is 53.1 Å². The number of benzene rings is 2. The largest absolute Gasteiger partial charge is 0.493 e. The zero-order valence-corrected chi connectivity index (χ0v) is 17.3. The highest BCUT2D eigenvalue weighted by molar-refractivity contribution is 5.91. The molecule has 30 heavy (non-hydrogen) atoms. The van der Waals surface area contributed by atoms with E-state index in [1.807, 2.05) is 49.4 Å². The van der Waals surface area contributed by atoms with Gasteiger partial charge in [-0.05, 0) is 36.2 Å². The number of oxazole rings is 1. The molecule has 7 heteroatoms. The van der Waals surface area contributed by atoms with Crippen LogP contribution in [0.25, 0.3) is 0 Å². The van der Waals surface area contributed by atoms with Crippen LogP contribution in [0.4, 0.5) is 0 Å². The fourth-order valence-corrected chi connectivity index (χ4v) is 3.45. The summed E-state index contributed by atoms with van der Waals surface area (Å²) in [6, 6.07) is 13.6. The minimum atomic E-state index is -0.225. The molecule has 0 radical (unpaired) electrons. The van der Waals surface area contributed by atoms with E-state index in [-0.39, 0.29) is 24.3 Å². The number of aromatic nitrogens is 1. The van der Waals surface area contributed by atoms with Gasteiger partial charge in [0, 0.05) is 13.5 Å². The van der Waals surface area contributed by atoms with Crippen LogP contribution in [0.5, 0.6) is 17.2 Å². The Bertz CT molecular complexity index is 1020. The minimum Gasteiger partial charge on any atom is -0.493 e. The van der Waals surface area contributed by atoms with Crippen molar-refractivity contribution in [1.29, 1.82) is 0 Å². The number of fused-ring (bicyclic) bond motifs is 1. The molecule has 0 saturated carbocycles. The molecule has 1 amide bonds. The lowest BCUT2D eigenvalue weighted by molar-refractivity contribution is 0.0724. The molecule has 0 saturated heterocycles. The number of amides is 1. The van der Waals surface area contributed by atoms with Gasteiger partial charge in [0.2, 0.25) is 5.89 Å². The molecule has 3 aromatic rings. The van der Waals surface area contributed by atoms with Gasteiger partial charge < -0.3 is 23.5 Å². The van der Waals surface area contributed by atoms with Crippen LogP contribution in [0, 0.1) is 6.92 Å². The molecule has 0 fully saturated rings. The van der Waals surface area contributed by atoms with Gasteiger partial charge in [-0.15, -0.1) is 0 Å². The number of hydrogen-bond acceptors (Lipinski definition) is 6. The van der Waals surface area contributed by atoms with E-state index in [1.165, 1.54) is 6.26 Å². The number of hydrogen-bond donors (Lipinski definition) is 0. The van der Waals surface area contributed by atoms with Crippen molar-refractivity contribution in [3.8, 4) is 17.2 Å². The molecule has 1 aliphatic heterocycles. The van der Waals surface area contributed by atoms with Crippen molar-refractivity contribution in [3.63, 3.8) is 0 Å². The highest BCUT2D eigenvalue weighted by Gasteiger charge is 2.26. The maximum absolute atomic E-state index is 12.7. The van der Waals surface area contributed by atoms with Gasteiger partial charge in [-0.1, -0.05) is 24.3 Å². The fraction of sp³-hybridized carbons (Fsp3) is 0.304. The predicted octanol–water partition coefficient (Wildman–Crippen LogP) is 3.65. The summed E-state index contributed by atoms with van der Waals surface area (Å²) < 4.78 is 22.4. The maximum Gasteiger partial charge on any atom is 0.275 e. The van der Waals surface area contributed by atoms with Crippen molar-refractivity contribution in [2.24, 2.45) is 0 Å². The number of likely N-dealkylation sites (N-methyl/N-ethyl adjacent to an activating group) is 1. The molecule has 0 bridgehead atoms. The van der Waals surface area contributed by atoms with Crippen LogP contribution in [0.3, 0.4) is 0 Å². The van der Waals surface area contributed by atoms with E-state index in [1.54, 1.807) is 19.1 Å². The lowest BCUT2D eigenvalue weighted by Crippen LogP contribution is -2.36. The minimum absolute atomic E-state index is 0.0694. The summed E-state index contributed by atoms with van der Waals surface area (Å²) in [5.74, 6) is 2.20. The standard InChI is InChI=1S/C23H24N2O5/c1-15-8-9-20(21(10-15)27-3)28-14-22-24-18(13-29-22)23(26)25(2)12-17-11-16-6-4-5-7-19(16)30-17/h4-10,13,17H,11-12,14H2,1-3H3/t17-/m0/s1. The number of nitrogens with zero attached hydrogens (tertiary/aromatic N) is 2. The average Bonchev–Trinajstić information content (AvgIpc) is 3.38. The summed E-state index contributed by atoms with van der Waals surface area (Å²) in [5, 5.41) is 0. The van der Waals surface area contributed by atoms with Crippen molar-refractivity contribution >= 4 is 5.91 Å². The molecule has 2 heterocycles. The topological polar surface area (TPSA) is 74.0 Å². The Balaban J connectivity index is 1.34. The highest BCUT2D eigenvalue weighted by Crippen LogP contribution is 2.29. The summed E-state index contributed by atoms with van der Waals surface area (Å²) in [5.41, 5.74) is 2.47. The first kappa shape index (κ1) is 19.8. The van der Waals surface area contributed by atoms with Gasteiger partial charge in [0.15, 0.2) is 23.8 Å². The van der Waals surface area contributed by atoms with Gasteiger partial charge in [-0.3, -0.25) is 4.79 Å². The second-order valence-electron chi connectivity index (χ2n) is 7.31. The Kier molecular flexibility index (Phi) is 5.61. The van der Waals surface area contributed by atoms with Gasteiger partial charge in [0.25, 0.3) is 5.91 Å². The zero-order valence-electron chi connectivity index (χ0n) is 17.3. The summed E-state index contributed by atoms with van der Waals surface area (Å²) in [6.07, 6.45) is 2.07. The Hall–Kier alpha value is -3.48. The molecule has 2 aromatic carbocycles. The van der Waals surface area contributed by atoms with Crippen molar-refractivity contribution in [1.82, 2.24) is 9.88 Å². The molecule has 0 spiro atoms. The van der Waals surface area contributed by atoms with Crippen LogP contribution < -0.4 is 14.2 Å². The number of carbonyl (C=O) groups is 1. The molecule has 0 unspecified atom stereocenters. The molecule has 1 aromatic heterocycles. The second-order valence-corrected chi connectivity index (χ2v) is 7.31. The number of para-hydroxylation sites is 1. The SMILES string of the molecule is COc1cc(C)ccc1OCc1nc(C(=O)N(C)C[C@@H]2Cc3ccccc3O2)co1. The molecule has 7 nitrogen and oxygen atoms in total. The van der Waals surface area contributed by atoms with Crippen LogP contribution >= 0.6 is 0 Å². The zero-order chi connectivity index (χ0) is 21.1. The first-order chi connectivity index (χ1) is 14.5. The van der Waals surface area contributed by atoms with Gasteiger partial charge in [-0.2, -0.15) is 0 Å². The Morgan fingerprint density at radius 2 is 2.07 bits per heavy atom. The van der Waals surface area contributed by atoms with Crippen LogP contribution in [-0.4, -0.2) is 42.6 Å². The van der Waals surface area contributed by atoms with Gasteiger partial charge in [-0.25, -0.2) is 4.98 Å². The van der Waals surface area contributed by atoms with Crippen molar-refractivity contribution < 1.29 is 23.4 Å². The first-order valence-electron chi connectivity index (χ1n) is 9.75. The molecule has 1 aliphatic rings. The van der Waals surface area contributed by atoms with Gasteiger partial charge in [0.05, 0.1) is 13.7 Å². The van der Waals surface area contributed by atoms with Crippen molar-refractivity contribution in [3.05, 3.63) is 71.4 Å². The Morgan fingerprint density at radius 3 is 2.87 bits per heavy atom. The third-order valence-electron chi connectivity index (χ3n) is 4.98. The lowest BCUT2D eigenvalue weighted by Gasteiger charge is -2.20. The monoisotopic (exact) mass is 408 g/mol. The Morgan fingerprint density at radius 1 is 1.23 bits per heavy atom. The first-order valence-corrected chi connectivity index (χ1v) is 9.75. The lowest BCUT2D eigenvalue weighted by atomic mass is 10.1. The fourth-order valence-electron chi connectivity index (χ4n) is 3.45. The number of aryl methyl sites for hydroxylation is 1. The molecule has 1 atom stereocenters. The predicted molar refractivity (Wildman–Crippen MR) is 110 cm³/mol. The normalized spacial score (nSPS) is 14.7. The van der Waals surface area contributed by atoms with E-state index in [2.05, 4.69) is 4.98 Å².